The van der Waals surface area contributed by atoms with Crippen LogP contribution in [-0.4, -0.2) is 42.8 Å². The van der Waals surface area contributed by atoms with Crippen LogP contribution in [0.4, 0.5) is 4.79 Å². The third-order valence-electron chi connectivity index (χ3n) is 5.79. The molecule has 0 fully saturated rings. The average Bonchev–Trinajstić information content (AvgIpc) is 3.15. The number of carboxylic acid groups (broad SMARTS) is 1. The molecular formula is C26H24N2O5. The average molecular weight is 444 g/mol. The highest BCUT2D eigenvalue weighted by Gasteiger charge is 2.29. The Morgan fingerprint density at radius 2 is 1.58 bits per heavy atom. The van der Waals surface area contributed by atoms with Crippen LogP contribution in [0.3, 0.4) is 0 Å². The summed E-state index contributed by atoms with van der Waals surface area (Å²) in [5, 5.41) is 14.6. The number of rotatable bonds is 7. The number of carbonyl (C=O) groups is 3. The van der Waals surface area contributed by atoms with Crippen LogP contribution in [0.2, 0.25) is 0 Å². The largest absolute Gasteiger partial charge is 0.480 e. The summed E-state index contributed by atoms with van der Waals surface area (Å²) in [6.07, 6.45) is -0.781. The van der Waals surface area contributed by atoms with E-state index in [4.69, 9.17) is 4.74 Å². The van der Waals surface area contributed by atoms with E-state index in [0.29, 0.717) is 11.1 Å². The van der Waals surface area contributed by atoms with Gasteiger partial charge in [0, 0.05) is 24.9 Å². The summed E-state index contributed by atoms with van der Waals surface area (Å²) in [5.41, 5.74) is 5.41. The number of benzene rings is 3. The Balaban J connectivity index is 1.42. The minimum absolute atomic E-state index is 0.0182. The van der Waals surface area contributed by atoms with Gasteiger partial charge in [-0.25, -0.2) is 9.59 Å². The Kier molecular flexibility index (Phi) is 6.40. The van der Waals surface area contributed by atoms with Crippen LogP contribution >= 0.6 is 0 Å². The first-order valence-corrected chi connectivity index (χ1v) is 10.6. The maximum atomic E-state index is 12.5. The molecule has 0 bridgehead atoms. The molecule has 2 amide bonds. The Morgan fingerprint density at radius 1 is 0.939 bits per heavy atom. The molecule has 0 radical (unpaired) electrons. The predicted molar refractivity (Wildman–Crippen MR) is 123 cm³/mol. The molecule has 0 saturated carbocycles. The standard InChI is InChI=1S/C26H24N2O5/c1-27-24(29)17-8-6-7-16(13-17)14-23(25(30)31)28-26(32)33-15-22-20-11-4-2-9-18(20)19-10-3-5-12-21(19)22/h2-13,22-23H,14-15H2,1H3,(H,27,29)(H,28,32)(H,30,31)/t23-/m1/s1. The number of hydrogen-bond donors (Lipinski definition) is 3. The zero-order valence-electron chi connectivity index (χ0n) is 18.1. The van der Waals surface area contributed by atoms with Crippen LogP contribution in [0.1, 0.15) is 33.0 Å². The van der Waals surface area contributed by atoms with E-state index in [1.807, 2.05) is 48.5 Å². The third-order valence-corrected chi connectivity index (χ3v) is 5.79. The fourth-order valence-corrected chi connectivity index (χ4v) is 4.20. The minimum atomic E-state index is -1.19. The summed E-state index contributed by atoms with van der Waals surface area (Å²) in [4.78, 5) is 36.1. The summed E-state index contributed by atoms with van der Waals surface area (Å²) in [5.74, 6) is -1.57. The molecule has 3 aromatic rings. The first-order chi connectivity index (χ1) is 16.0. The number of ether oxygens (including phenoxy) is 1. The van der Waals surface area contributed by atoms with Crippen molar-refractivity contribution in [2.45, 2.75) is 18.4 Å². The van der Waals surface area contributed by atoms with Crippen molar-refractivity contribution in [3.8, 4) is 11.1 Å². The molecule has 7 heteroatoms. The molecule has 4 rings (SSSR count). The fraction of sp³-hybridized carbons (Fsp3) is 0.192. The normalized spacial score (nSPS) is 12.9. The number of alkyl carbamates (subject to hydrolysis) is 1. The van der Waals surface area contributed by atoms with Gasteiger partial charge >= 0.3 is 12.1 Å². The van der Waals surface area contributed by atoms with Crippen LogP contribution < -0.4 is 10.6 Å². The van der Waals surface area contributed by atoms with Crippen molar-refractivity contribution in [3.63, 3.8) is 0 Å². The smallest absolute Gasteiger partial charge is 0.407 e. The maximum absolute atomic E-state index is 12.5. The Bertz CT molecular complexity index is 1160. The van der Waals surface area contributed by atoms with Gasteiger partial charge in [0.25, 0.3) is 5.91 Å². The Labute approximate surface area is 191 Å². The molecule has 1 aliphatic carbocycles. The zero-order valence-corrected chi connectivity index (χ0v) is 18.1. The van der Waals surface area contributed by atoms with E-state index in [9.17, 15) is 19.5 Å². The molecule has 3 N–H and O–H groups in total. The number of carboxylic acids is 1. The lowest BCUT2D eigenvalue weighted by Gasteiger charge is -2.18. The Hall–Kier alpha value is -4.13. The molecule has 0 saturated heterocycles. The molecule has 0 aromatic heterocycles. The van der Waals surface area contributed by atoms with Gasteiger partial charge in [0.2, 0.25) is 0 Å². The summed E-state index contributed by atoms with van der Waals surface area (Å²) in [6, 6.07) is 21.4. The predicted octanol–water partition coefficient (Wildman–Crippen LogP) is 3.58. The Morgan fingerprint density at radius 3 is 2.18 bits per heavy atom. The van der Waals surface area contributed by atoms with Crippen molar-refractivity contribution in [2.24, 2.45) is 0 Å². The van der Waals surface area contributed by atoms with E-state index >= 15 is 0 Å². The molecular weight excluding hydrogens is 420 g/mol. The number of amides is 2. The SMILES string of the molecule is CNC(=O)c1cccc(C[C@@H](NC(=O)OCC2c3ccccc3-c3ccccc32)C(=O)O)c1. The van der Waals surface area contributed by atoms with E-state index in [2.05, 4.69) is 10.6 Å². The highest BCUT2D eigenvalue weighted by Crippen LogP contribution is 2.44. The second-order valence-corrected chi connectivity index (χ2v) is 7.84. The maximum Gasteiger partial charge on any atom is 0.407 e. The van der Waals surface area contributed by atoms with Crippen LogP contribution in [-0.2, 0) is 16.0 Å². The van der Waals surface area contributed by atoms with Crippen molar-refractivity contribution in [1.82, 2.24) is 10.6 Å². The summed E-state index contributed by atoms with van der Waals surface area (Å²) in [7, 11) is 1.52. The quantitative estimate of drug-likeness (QED) is 0.517. The van der Waals surface area contributed by atoms with Crippen LogP contribution in [0.5, 0.6) is 0 Å². The van der Waals surface area contributed by atoms with Crippen molar-refractivity contribution in [2.75, 3.05) is 13.7 Å². The highest BCUT2D eigenvalue weighted by molar-refractivity contribution is 5.94. The van der Waals surface area contributed by atoms with Gasteiger partial charge in [-0.05, 0) is 39.9 Å². The van der Waals surface area contributed by atoms with Gasteiger partial charge in [-0.15, -0.1) is 0 Å². The van der Waals surface area contributed by atoms with Crippen LogP contribution in [0.25, 0.3) is 11.1 Å². The van der Waals surface area contributed by atoms with Crippen molar-refractivity contribution >= 4 is 18.0 Å². The van der Waals surface area contributed by atoms with E-state index < -0.39 is 18.1 Å². The topological polar surface area (TPSA) is 105 Å². The van der Waals surface area contributed by atoms with Gasteiger partial charge in [-0.3, -0.25) is 4.79 Å². The van der Waals surface area contributed by atoms with Gasteiger partial charge in [-0.2, -0.15) is 0 Å². The van der Waals surface area contributed by atoms with Crippen LogP contribution in [0, 0.1) is 0 Å². The summed E-state index contributed by atoms with van der Waals surface area (Å²) < 4.78 is 5.46. The molecule has 7 nitrogen and oxygen atoms in total. The monoisotopic (exact) mass is 444 g/mol. The van der Waals surface area contributed by atoms with Gasteiger partial charge in [0.1, 0.15) is 12.6 Å². The molecule has 1 aliphatic rings. The molecule has 3 aromatic carbocycles. The van der Waals surface area contributed by atoms with Crippen molar-refractivity contribution in [3.05, 3.63) is 95.1 Å². The number of nitrogens with one attached hydrogen (secondary N) is 2. The third kappa shape index (κ3) is 4.72. The summed E-state index contributed by atoms with van der Waals surface area (Å²) >= 11 is 0. The number of fused-ring (bicyclic) bond motifs is 3. The van der Waals surface area contributed by atoms with Crippen molar-refractivity contribution < 1.29 is 24.2 Å². The molecule has 0 spiro atoms. The van der Waals surface area contributed by atoms with Gasteiger partial charge < -0.3 is 20.5 Å². The highest BCUT2D eigenvalue weighted by atomic mass is 16.5. The van der Waals surface area contributed by atoms with E-state index in [-0.39, 0.29) is 24.9 Å². The van der Waals surface area contributed by atoms with Crippen LogP contribution in [0.15, 0.2) is 72.8 Å². The first kappa shape index (κ1) is 22.1. The number of aliphatic carboxylic acids is 1. The lowest BCUT2D eigenvalue weighted by molar-refractivity contribution is -0.139. The van der Waals surface area contributed by atoms with Gasteiger partial charge in [-0.1, -0.05) is 60.7 Å². The van der Waals surface area contributed by atoms with Gasteiger partial charge in [0.15, 0.2) is 0 Å². The van der Waals surface area contributed by atoms with Gasteiger partial charge in [0.05, 0.1) is 0 Å². The number of hydrogen-bond acceptors (Lipinski definition) is 4. The first-order valence-electron chi connectivity index (χ1n) is 10.6. The van der Waals surface area contributed by atoms with Crippen molar-refractivity contribution in [1.29, 1.82) is 0 Å². The lowest BCUT2D eigenvalue weighted by Crippen LogP contribution is -2.43. The lowest BCUT2D eigenvalue weighted by atomic mass is 9.98. The second kappa shape index (κ2) is 9.56. The molecule has 168 valence electrons. The second-order valence-electron chi connectivity index (χ2n) is 7.84. The minimum Gasteiger partial charge on any atom is -0.480 e. The fourth-order valence-electron chi connectivity index (χ4n) is 4.20. The van der Waals surface area contributed by atoms with E-state index in [1.54, 1.807) is 24.3 Å². The molecule has 0 unspecified atom stereocenters. The molecule has 0 aliphatic heterocycles. The molecule has 1 atom stereocenters. The number of carbonyl (C=O) groups excluding carboxylic acids is 2. The zero-order chi connectivity index (χ0) is 23.4. The summed E-state index contributed by atoms with van der Waals surface area (Å²) in [6.45, 7) is 0.0956. The molecule has 0 heterocycles. The van der Waals surface area contributed by atoms with E-state index in [1.165, 1.54) is 7.05 Å². The molecule has 33 heavy (non-hydrogen) atoms. The van der Waals surface area contributed by atoms with E-state index in [0.717, 1.165) is 22.3 Å².